The summed E-state index contributed by atoms with van der Waals surface area (Å²) in [7, 11) is 0. The molecular weight excluding hydrogens is 280 g/mol. The molecule has 1 N–H and O–H groups in total. The van der Waals surface area contributed by atoms with E-state index in [9.17, 15) is 0 Å². The van der Waals surface area contributed by atoms with Gasteiger partial charge in [0.15, 0.2) is 0 Å². The maximum absolute atomic E-state index is 3.59. The fraction of sp³-hybridized carbons (Fsp3) is 0.333. The van der Waals surface area contributed by atoms with Crippen LogP contribution in [-0.2, 0) is 6.54 Å². The van der Waals surface area contributed by atoms with Crippen LogP contribution in [0.3, 0.4) is 0 Å². The van der Waals surface area contributed by atoms with Crippen LogP contribution >= 0.6 is 0 Å². The van der Waals surface area contributed by atoms with Crippen molar-refractivity contribution in [3.63, 3.8) is 0 Å². The van der Waals surface area contributed by atoms with Gasteiger partial charge in [-0.25, -0.2) is 0 Å². The van der Waals surface area contributed by atoms with Crippen molar-refractivity contribution in [1.29, 1.82) is 0 Å². The molecule has 0 aliphatic carbocycles. The normalized spacial score (nSPS) is 19.7. The fourth-order valence-corrected chi connectivity index (χ4v) is 3.17. The first-order chi connectivity index (χ1) is 11.4. The summed E-state index contributed by atoms with van der Waals surface area (Å²) in [5.41, 5.74) is 2.69. The van der Waals surface area contributed by atoms with Gasteiger partial charge < -0.3 is 5.32 Å². The van der Waals surface area contributed by atoms with E-state index in [0.717, 1.165) is 26.1 Å². The van der Waals surface area contributed by atoms with Gasteiger partial charge in [0.1, 0.15) is 0 Å². The number of nitrogens with zero attached hydrogens (tertiary/aromatic N) is 1. The van der Waals surface area contributed by atoms with Crippen molar-refractivity contribution in [2.75, 3.05) is 19.6 Å². The molecule has 120 valence electrons. The predicted molar refractivity (Wildman–Crippen MR) is 98.2 cm³/mol. The highest BCUT2D eigenvalue weighted by Crippen LogP contribution is 2.14. The number of benzene rings is 2. The molecule has 1 heterocycles. The molecule has 1 aliphatic heterocycles. The summed E-state index contributed by atoms with van der Waals surface area (Å²) in [5, 5.41) is 3.59. The molecule has 3 rings (SSSR count). The third-order valence-electron chi connectivity index (χ3n) is 4.44. The Labute approximate surface area is 139 Å². The Kier molecular flexibility index (Phi) is 6.01. The molecule has 1 fully saturated rings. The summed E-state index contributed by atoms with van der Waals surface area (Å²) < 4.78 is 0. The van der Waals surface area contributed by atoms with Gasteiger partial charge in [0.05, 0.1) is 0 Å². The standard InChI is InChI=1S/C21H26N2/c1-3-9-19(10-4-1)13-7-14-21-17-22-15-8-16-23(21)18-20-11-5-2-6-12-20/h1-7,9-13,21-22H,8,14-18H2. The van der Waals surface area contributed by atoms with Crippen LogP contribution in [0.1, 0.15) is 24.0 Å². The number of rotatable bonds is 5. The van der Waals surface area contributed by atoms with Crippen molar-refractivity contribution >= 4 is 6.08 Å². The lowest BCUT2D eigenvalue weighted by molar-refractivity contribution is 0.201. The van der Waals surface area contributed by atoms with Crippen LogP contribution in [0.4, 0.5) is 0 Å². The van der Waals surface area contributed by atoms with Crippen LogP contribution in [0.25, 0.3) is 6.08 Å². The highest BCUT2D eigenvalue weighted by molar-refractivity contribution is 5.48. The lowest BCUT2D eigenvalue weighted by atomic mass is 10.1. The molecule has 2 nitrogen and oxygen atoms in total. The zero-order chi connectivity index (χ0) is 15.7. The number of hydrogen-bond donors (Lipinski definition) is 1. The van der Waals surface area contributed by atoms with E-state index in [-0.39, 0.29) is 0 Å². The number of nitrogens with one attached hydrogen (secondary N) is 1. The highest BCUT2D eigenvalue weighted by Gasteiger charge is 2.19. The van der Waals surface area contributed by atoms with Gasteiger partial charge in [-0.15, -0.1) is 0 Å². The van der Waals surface area contributed by atoms with Gasteiger partial charge in [0.2, 0.25) is 0 Å². The molecule has 2 aromatic carbocycles. The van der Waals surface area contributed by atoms with Crippen molar-refractivity contribution in [3.8, 4) is 0 Å². The van der Waals surface area contributed by atoms with E-state index in [1.54, 1.807) is 0 Å². The largest absolute Gasteiger partial charge is 0.315 e. The van der Waals surface area contributed by atoms with Gasteiger partial charge in [-0.1, -0.05) is 72.8 Å². The lowest BCUT2D eigenvalue weighted by Crippen LogP contribution is -2.38. The van der Waals surface area contributed by atoms with Gasteiger partial charge >= 0.3 is 0 Å². The van der Waals surface area contributed by atoms with E-state index in [1.807, 2.05) is 0 Å². The van der Waals surface area contributed by atoms with E-state index in [2.05, 4.69) is 83.0 Å². The van der Waals surface area contributed by atoms with Gasteiger partial charge in [-0.05, 0) is 30.5 Å². The van der Waals surface area contributed by atoms with Crippen molar-refractivity contribution in [2.24, 2.45) is 0 Å². The maximum Gasteiger partial charge on any atom is 0.0258 e. The summed E-state index contributed by atoms with van der Waals surface area (Å²) in [5.74, 6) is 0. The van der Waals surface area contributed by atoms with E-state index in [0.29, 0.717) is 6.04 Å². The molecule has 0 aromatic heterocycles. The lowest BCUT2D eigenvalue weighted by Gasteiger charge is -2.29. The Balaban J connectivity index is 1.63. The van der Waals surface area contributed by atoms with E-state index in [4.69, 9.17) is 0 Å². The smallest absolute Gasteiger partial charge is 0.0258 e. The Morgan fingerprint density at radius 3 is 2.52 bits per heavy atom. The maximum atomic E-state index is 3.59. The molecule has 0 saturated carbocycles. The average Bonchev–Trinajstić information content (AvgIpc) is 2.82. The summed E-state index contributed by atoms with van der Waals surface area (Å²) in [6.07, 6.45) is 6.89. The second-order valence-corrected chi connectivity index (χ2v) is 6.22. The minimum atomic E-state index is 0.567. The molecule has 2 heteroatoms. The Hall–Kier alpha value is -1.90. The minimum absolute atomic E-state index is 0.567. The van der Waals surface area contributed by atoms with Gasteiger partial charge in [-0.3, -0.25) is 4.90 Å². The highest BCUT2D eigenvalue weighted by atomic mass is 15.2. The minimum Gasteiger partial charge on any atom is -0.315 e. The van der Waals surface area contributed by atoms with E-state index < -0.39 is 0 Å². The molecule has 1 aliphatic rings. The summed E-state index contributed by atoms with van der Waals surface area (Å²) in [6.45, 7) is 4.42. The SMILES string of the molecule is C(=Cc1ccccc1)CC1CNCCCN1Cc1ccccc1. The second kappa shape index (κ2) is 8.66. The van der Waals surface area contributed by atoms with Crippen LogP contribution in [0.5, 0.6) is 0 Å². The zero-order valence-corrected chi connectivity index (χ0v) is 13.7. The monoisotopic (exact) mass is 306 g/mol. The average molecular weight is 306 g/mol. The third-order valence-corrected chi connectivity index (χ3v) is 4.44. The predicted octanol–water partition coefficient (Wildman–Crippen LogP) is 3.95. The molecule has 1 atom stereocenters. The van der Waals surface area contributed by atoms with Gasteiger partial charge in [0.25, 0.3) is 0 Å². The van der Waals surface area contributed by atoms with Gasteiger partial charge in [-0.2, -0.15) is 0 Å². The molecule has 1 unspecified atom stereocenters. The molecular formula is C21H26N2. The number of hydrogen-bond acceptors (Lipinski definition) is 2. The molecule has 0 bridgehead atoms. The summed E-state index contributed by atoms with van der Waals surface area (Å²) in [4.78, 5) is 2.63. The molecule has 1 saturated heterocycles. The van der Waals surface area contributed by atoms with E-state index >= 15 is 0 Å². The molecule has 2 aromatic rings. The first-order valence-corrected chi connectivity index (χ1v) is 8.62. The summed E-state index contributed by atoms with van der Waals surface area (Å²) >= 11 is 0. The van der Waals surface area contributed by atoms with Crippen LogP contribution in [0.15, 0.2) is 66.7 Å². The fourth-order valence-electron chi connectivity index (χ4n) is 3.17. The molecule has 0 amide bonds. The van der Waals surface area contributed by atoms with Crippen LogP contribution in [-0.4, -0.2) is 30.6 Å². The Morgan fingerprint density at radius 1 is 1.00 bits per heavy atom. The first kappa shape index (κ1) is 16.0. The zero-order valence-electron chi connectivity index (χ0n) is 13.7. The van der Waals surface area contributed by atoms with E-state index in [1.165, 1.54) is 24.1 Å². The summed E-state index contributed by atoms with van der Waals surface area (Å²) in [6, 6.07) is 22.0. The van der Waals surface area contributed by atoms with Crippen LogP contribution in [0.2, 0.25) is 0 Å². The van der Waals surface area contributed by atoms with Crippen molar-refractivity contribution < 1.29 is 0 Å². The van der Waals surface area contributed by atoms with Crippen molar-refractivity contribution in [3.05, 3.63) is 77.9 Å². The first-order valence-electron chi connectivity index (χ1n) is 8.62. The van der Waals surface area contributed by atoms with Crippen LogP contribution in [0, 0.1) is 0 Å². The Bertz CT molecular complexity index is 592. The third kappa shape index (κ3) is 5.05. The molecule has 23 heavy (non-hydrogen) atoms. The molecule has 0 spiro atoms. The van der Waals surface area contributed by atoms with Gasteiger partial charge in [0, 0.05) is 25.7 Å². The van der Waals surface area contributed by atoms with Crippen molar-refractivity contribution in [1.82, 2.24) is 10.2 Å². The molecule has 0 radical (unpaired) electrons. The topological polar surface area (TPSA) is 15.3 Å². The second-order valence-electron chi connectivity index (χ2n) is 6.22. The van der Waals surface area contributed by atoms with Crippen LogP contribution < -0.4 is 5.32 Å². The quantitative estimate of drug-likeness (QED) is 0.899. The van der Waals surface area contributed by atoms with Crippen molar-refractivity contribution in [2.45, 2.75) is 25.4 Å². The Morgan fingerprint density at radius 2 is 1.74 bits per heavy atom.